The molecule has 2 aliphatic heterocycles. The second-order valence-corrected chi connectivity index (χ2v) is 6.79. The molecule has 2 aliphatic rings. The summed E-state index contributed by atoms with van der Waals surface area (Å²) in [7, 11) is 0. The fraction of sp³-hybridized carbons (Fsp3) is 0.0952. The van der Waals surface area contributed by atoms with Crippen LogP contribution >= 0.6 is 11.6 Å². The number of anilines is 2. The molecule has 1 unspecified atom stereocenters. The molecule has 0 aliphatic carbocycles. The molecule has 24 heavy (non-hydrogen) atoms. The predicted molar refractivity (Wildman–Crippen MR) is 96.2 cm³/mol. The first kappa shape index (κ1) is 13.8. The summed E-state index contributed by atoms with van der Waals surface area (Å²) in [6, 6.07) is 23.8. The number of halogens is 1. The van der Waals surface area contributed by atoms with E-state index in [9.17, 15) is 4.79 Å². The fourth-order valence-corrected chi connectivity index (χ4v) is 4.25. The van der Waals surface area contributed by atoms with Crippen molar-refractivity contribution in [2.75, 3.05) is 4.90 Å². The summed E-state index contributed by atoms with van der Waals surface area (Å²) in [4.78, 5) is 15.7. The highest BCUT2D eigenvalue weighted by molar-refractivity contribution is 6.30. The molecular formula is C21H14ClNO. The zero-order valence-electron chi connectivity index (χ0n) is 12.9. The SMILES string of the molecule is O=C1c2ccccc2N2c3ccccc3CC12c1ccc(Cl)cc1. The average molecular weight is 332 g/mol. The van der Waals surface area contributed by atoms with Gasteiger partial charge >= 0.3 is 0 Å². The molecule has 0 radical (unpaired) electrons. The second kappa shape index (κ2) is 4.71. The standard InChI is InChI=1S/C21H14ClNO/c22-16-11-9-15(10-12-16)21-13-14-5-1-3-7-18(14)23(21)19-8-4-2-6-17(19)20(21)24/h1-12H,13H2. The summed E-state index contributed by atoms with van der Waals surface area (Å²) in [5.41, 5.74) is 4.40. The largest absolute Gasteiger partial charge is 0.322 e. The van der Waals surface area contributed by atoms with E-state index in [1.807, 2.05) is 60.7 Å². The molecule has 0 fully saturated rings. The Morgan fingerprint density at radius 2 is 1.50 bits per heavy atom. The minimum Gasteiger partial charge on any atom is -0.322 e. The quantitative estimate of drug-likeness (QED) is 0.616. The Balaban J connectivity index is 1.83. The second-order valence-electron chi connectivity index (χ2n) is 6.35. The van der Waals surface area contributed by atoms with Gasteiger partial charge in [-0.25, -0.2) is 0 Å². The van der Waals surface area contributed by atoms with Crippen LogP contribution in [0.15, 0.2) is 72.8 Å². The summed E-state index contributed by atoms with van der Waals surface area (Å²) in [5, 5.41) is 0.681. The van der Waals surface area contributed by atoms with Crippen molar-refractivity contribution in [3.05, 3.63) is 94.5 Å². The Bertz CT molecular complexity index is 979. The number of hydrogen-bond donors (Lipinski definition) is 0. The number of para-hydroxylation sites is 2. The molecule has 5 rings (SSSR count). The molecule has 0 amide bonds. The molecule has 0 spiro atoms. The number of Topliss-reactive ketones (excluding diaryl/α,β-unsaturated/α-hetero) is 1. The van der Waals surface area contributed by atoms with Gasteiger partial charge in [0.1, 0.15) is 5.54 Å². The Hall–Kier alpha value is -2.58. The maximum Gasteiger partial charge on any atom is 0.195 e. The van der Waals surface area contributed by atoms with Crippen molar-refractivity contribution < 1.29 is 4.79 Å². The molecule has 0 bridgehead atoms. The zero-order valence-corrected chi connectivity index (χ0v) is 13.6. The molecule has 2 nitrogen and oxygen atoms in total. The highest BCUT2D eigenvalue weighted by Crippen LogP contribution is 2.56. The third kappa shape index (κ3) is 1.59. The van der Waals surface area contributed by atoms with Crippen molar-refractivity contribution >= 4 is 28.8 Å². The van der Waals surface area contributed by atoms with E-state index in [0.717, 1.165) is 22.5 Å². The van der Waals surface area contributed by atoms with Gasteiger partial charge in [-0.2, -0.15) is 0 Å². The summed E-state index contributed by atoms with van der Waals surface area (Å²) in [5.74, 6) is 0.164. The van der Waals surface area contributed by atoms with Gasteiger partial charge in [0.2, 0.25) is 0 Å². The van der Waals surface area contributed by atoms with Crippen molar-refractivity contribution in [2.24, 2.45) is 0 Å². The number of ketones is 1. The number of hydrogen-bond acceptors (Lipinski definition) is 2. The molecule has 0 saturated carbocycles. The lowest BCUT2D eigenvalue weighted by Gasteiger charge is -2.33. The van der Waals surface area contributed by atoms with Gasteiger partial charge in [0, 0.05) is 22.7 Å². The van der Waals surface area contributed by atoms with E-state index in [1.54, 1.807) is 0 Å². The highest BCUT2D eigenvalue weighted by atomic mass is 35.5. The Labute approximate surface area is 145 Å². The molecule has 2 heterocycles. The van der Waals surface area contributed by atoms with Crippen molar-refractivity contribution in [3.63, 3.8) is 0 Å². The third-order valence-corrected chi connectivity index (χ3v) is 5.40. The Kier molecular flexibility index (Phi) is 2.71. The van der Waals surface area contributed by atoms with Gasteiger partial charge in [0.05, 0.1) is 5.69 Å². The number of carbonyl (C=O) groups excluding carboxylic acids is 1. The van der Waals surface area contributed by atoms with E-state index in [4.69, 9.17) is 11.6 Å². The molecule has 3 aromatic rings. The van der Waals surface area contributed by atoms with E-state index < -0.39 is 5.54 Å². The molecule has 0 saturated heterocycles. The van der Waals surface area contributed by atoms with Crippen molar-refractivity contribution in [1.29, 1.82) is 0 Å². The van der Waals surface area contributed by atoms with E-state index in [-0.39, 0.29) is 5.78 Å². The van der Waals surface area contributed by atoms with E-state index in [0.29, 0.717) is 11.4 Å². The van der Waals surface area contributed by atoms with Crippen LogP contribution in [-0.4, -0.2) is 5.78 Å². The molecule has 0 N–H and O–H groups in total. The van der Waals surface area contributed by atoms with Crippen LogP contribution in [0.2, 0.25) is 5.02 Å². The van der Waals surface area contributed by atoms with E-state index in [1.165, 1.54) is 5.56 Å². The normalized spacial score (nSPS) is 20.7. The van der Waals surface area contributed by atoms with Gasteiger partial charge < -0.3 is 4.90 Å². The number of rotatable bonds is 1. The summed E-state index contributed by atoms with van der Waals surface area (Å²) in [6.07, 6.45) is 0.679. The van der Waals surface area contributed by atoms with Crippen molar-refractivity contribution in [3.8, 4) is 0 Å². The van der Waals surface area contributed by atoms with Gasteiger partial charge in [-0.3, -0.25) is 4.79 Å². The third-order valence-electron chi connectivity index (χ3n) is 5.15. The number of benzene rings is 3. The molecule has 0 aromatic heterocycles. The zero-order chi connectivity index (χ0) is 16.3. The van der Waals surface area contributed by atoms with Gasteiger partial charge in [0.15, 0.2) is 5.78 Å². The smallest absolute Gasteiger partial charge is 0.195 e. The lowest BCUT2D eigenvalue weighted by atomic mass is 9.82. The van der Waals surface area contributed by atoms with Crippen LogP contribution in [0.25, 0.3) is 0 Å². The van der Waals surface area contributed by atoms with Gasteiger partial charge in [0.25, 0.3) is 0 Å². The molecule has 116 valence electrons. The lowest BCUT2D eigenvalue weighted by molar-refractivity contribution is 0.0909. The van der Waals surface area contributed by atoms with Gasteiger partial charge in [-0.15, -0.1) is 0 Å². The highest BCUT2D eigenvalue weighted by Gasteiger charge is 2.56. The molecular weight excluding hydrogens is 318 g/mol. The van der Waals surface area contributed by atoms with Crippen LogP contribution in [-0.2, 0) is 12.0 Å². The summed E-state index contributed by atoms with van der Waals surface area (Å²) < 4.78 is 0. The van der Waals surface area contributed by atoms with Gasteiger partial charge in [-0.1, -0.05) is 54.1 Å². The summed E-state index contributed by atoms with van der Waals surface area (Å²) in [6.45, 7) is 0. The number of fused-ring (bicyclic) bond motifs is 5. The Morgan fingerprint density at radius 3 is 2.29 bits per heavy atom. The monoisotopic (exact) mass is 331 g/mol. The van der Waals surface area contributed by atoms with Crippen molar-refractivity contribution in [1.82, 2.24) is 0 Å². The van der Waals surface area contributed by atoms with Crippen LogP contribution < -0.4 is 4.90 Å². The van der Waals surface area contributed by atoms with Crippen LogP contribution in [0.1, 0.15) is 21.5 Å². The lowest BCUT2D eigenvalue weighted by Crippen LogP contribution is -2.43. The average Bonchev–Trinajstić information content (AvgIpc) is 3.08. The van der Waals surface area contributed by atoms with Gasteiger partial charge in [-0.05, 0) is 41.5 Å². The first-order valence-electron chi connectivity index (χ1n) is 8.00. The van der Waals surface area contributed by atoms with E-state index >= 15 is 0 Å². The number of nitrogens with zero attached hydrogens (tertiary/aromatic N) is 1. The van der Waals surface area contributed by atoms with Crippen LogP contribution in [0.5, 0.6) is 0 Å². The Morgan fingerprint density at radius 1 is 0.833 bits per heavy atom. The minimum atomic E-state index is -0.696. The molecule has 3 aromatic carbocycles. The maximum atomic E-state index is 13.5. The van der Waals surface area contributed by atoms with Crippen molar-refractivity contribution in [2.45, 2.75) is 12.0 Å². The predicted octanol–water partition coefficient (Wildman–Crippen LogP) is 5.13. The van der Waals surface area contributed by atoms with Crippen LogP contribution in [0, 0.1) is 0 Å². The first-order valence-corrected chi connectivity index (χ1v) is 8.38. The van der Waals surface area contributed by atoms with E-state index in [2.05, 4.69) is 17.0 Å². The van der Waals surface area contributed by atoms with Crippen LogP contribution in [0.3, 0.4) is 0 Å². The fourth-order valence-electron chi connectivity index (χ4n) is 4.13. The summed E-state index contributed by atoms with van der Waals surface area (Å²) >= 11 is 6.08. The topological polar surface area (TPSA) is 20.3 Å². The molecule has 1 atom stereocenters. The minimum absolute atomic E-state index is 0.164. The maximum absolute atomic E-state index is 13.5. The van der Waals surface area contributed by atoms with Crippen LogP contribution in [0.4, 0.5) is 11.4 Å². The molecule has 3 heteroatoms. The first-order chi connectivity index (χ1) is 11.7. The number of carbonyl (C=O) groups is 1.